The molecule has 1 amide bonds. The molecular weight excluding hydrogens is 254 g/mol. The molecule has 0 aliphatic rings. The highest BCUT2D eigenvalue weighted by atomic mass is 16.5. The van der Waals surface area contributed by atoms with Crippen molar-refractivity contribution >= 4 is 11.7 Å². The van der Waals surface area contributed by atoms with E-state index in [4.69, 9.17) is 4.74 Å². The quantitative estimate of drug-likeness (QED) is 0.769. The van der Waals surface area contributed by atoms with Gasteiger partial charge < -0.3 is 10.1 Å². The summed E-state index contributed by atoms with van der Waals surface area (Å²) in [6.45, 7) is 10.6. The van der Waals surface area contributed by atoms with Crippen LogP contribution in [0.25, 0.3) is 0 Å². The Labute approximate surface area is 121 Å². The number of anilines is 1. The lowest BCUT2D eigenvalue weighted by Gasteiger charge is -2.21. The molecule has 114 valence electrons. The molecule has 0 atom stereocenters. The zero-order valence-electron chi connectivity index (χ0n) is 13.2. The van der Waals surface area contributed by atoms with Gasteiger partial charge in [0, 0.05) is 11.8 Å². The number of amides is 1. The SMILES string of the molecule is Cc1cc(NC(=O)COC(CC(C)C)CC(C)C)n[nH]1. The van der Waals surface area contributed by atoms with Crippen LogP contribution in [0.4, 0.5) is 5.82 Å². The smallest absolute Gasteiger partial charge is 0.251 e. The van der Waals surface area contributed by atoms with Crippen molar-refractivity contribution < 1.29 is 9.53 Å². The summed E-state index contributed by atoms with van der Waals surface area (Å²) in [5.74, 6) is 1.51. The van der Waals surface area contributed by atoms with Crippen molar-refractivity contribution in [3.63, 3.8) is 0 Å². The summed E-state index contributed by atoms with van der Waals surface area (Å²) in [5, 5.41) is 9.47. The van der Waals surface area contributed by atoms with Crippen LogP contribution >= 0.6 is 0 Å². The highest BCUT2D eigenvalue weighted by molar-refractivity contribution is 5.90. The molecule has 5 nitrogen and oxygen atoms in total. The first-order valence-corrected chi connectivity index (χ1v) is 7.30. The van der Waals surface area contributed by atoms with Gasteiger partial charge in [0.15, 0.2) is 5.82 Å². The Bertz CT molecular complexity index is 403. The fourth-order valence-corrected chi connectivity index (χ4v) is 2.14. The van der Waals surface area contributed by atoms with Crippen LogP contribution in [-0.4, -0.2) is 28.8 Å². The summed E-state index contributed by atoms with van der Waals surface area (Å²) in [6.07, 6.45) is 2.10. The number of rotatable bonds is 8. The molecule has 20 heavy (non-hydrogen) atoms. The molecule has 0 saturated heterocycles. The maximum absolute atomic E-state index is 11.8. The minimum atomic E-state index is -0.158. The van der Waals surface area contributed by atoms with Gasteiger partial charge in [-0.3, -0.25) is 9.89 Å². The third-order valence-corrected chi connectivity index (χ3v) is 2.89. The average molecular weight is 281 g/mol. The Morgan fingerprint density at radius 2 is 1.90 bits per heavy atom. The molecule has 2 N–H and O–H groups in total. The molecule has 0 aliphatic heterocycles. The fraction of sp³-hybridized carbons (Fsp3) is 0.733. The normalized spacial score (nSPS) is 11.6. The predicted octanol–water partition coefficient (Wildman–Crippen LogP) is 3.13. The molecule has 0 saturated carbocycles. The van der Waals surface area contributed by atoms with Gasteiger partial charge in [0.25, 0.3) is 5.91 Å². The van der Waals surface area contributed by atoms with E-state index in [0.29, 0.717) is 17.7 Å². The molecule has 0 radical (unpaired) electrons. The minimum Gasteiger partial charge on any atom is -0.368 e. The van der Waals surface area contributed by atoms with Crippen molar-refractivity contribution in [1.29, 1.82) is 0 Å². The molecule has 0 spiro atoms. The van der Waals surface area contributed by atoms with Crippen molar-refractivity contribution in [1.82, 2.24) is 10.2 Å². The van der Waals surface area contributed by atoms with Crippen molar-refractivity contribution in [2.45, 2.75) is 53.6 Å². The van der Waals surface area contributed by atoms with Crippen LogP contribution in [0.15, 0.2) is 6.07 Å². The van der Waals surface area contributed by atoms with Gasteiger partial charge in [0.2, 0.25) is 0 Å². The van der Waals surface area contributed by atoms with Crippen LogP contribution in [0.3, 0.4) is 0 Å². The van der Waals surface area contributed by atoms with Crippen molar-refractivity contribution in [3.8, 4) is 0 Å². The van der Waals surface area contributed by atoms with Crippen LogP contribution in [0.1, 0.15) is 46.2 Å². The van der Waals surface area contributed by atoms with Crippen LogP contribution in [0.5, 0.6) is 0 Å². The molecule has 5 heteroatoms. The van der Waals surface area contributed by atoms with Crippen LogP contribution in [0, 0.1) is 18.8 Å². The van der Waals surface area contributed by atoms with E-state index < -0.39 is 0 Å². The van der Waals surface area contributed by atoms with E-state index in [1.165, 1.54) is 0 Å². The second-order valence-corrected chi connectivity index (χ2v) is 6.18. The third-order valence-electron chi connectivity index (χ3n) is 2.89. The number of nitrogens with zero attached hydrogens (tertiary/aromatic N) is 1. The largest absolute Gasteiger partial charge is 0.368 e. The number of nitrogens with one attached hydrogen (secondary N) is 2. The lowest BCUT2D eigenvalue weighted by molar-refractivity contribution is -0.123. The van der Waals surface area contributed by atoms with Crippen molar-refractivity contribution in [2.24, 2.45) is 11.8 Å². The molecule has 1 rings (SSSR count). The molecule has 1 aromatic rings. The van der Waals surface area contributed by atoms with E-state index in [9.17, 15) is 4.79 Å². The first-order chi connectivity index (χ1) is 9.36. The molecule has 0 aromatic carbocycles. The van der Waals surface area contributed by atoms with Gasteiger partial charge in [-0.15, -0.1) is 0 Å². The van der Waals surface area contributed by atoms with Gasteiger partial charge in [-0.1, -0.05) is 27.7 Å². The summed E-state index contributed by atoms with van der Waals surface area (Å²) in [5.41, 5.74) is 0.915. The molecule has 0 bridgehead atoms. The second kappa shape index (κ2) is 8.04. The number of hydrogen-bond donors (Lipinski definition) is 2. The Kier molecular flexibility index (Phi) is 6.71. The first kappa shape index (κ1) is 16.7. The van der Waals surface area contributed by atoms with Crippen molar-refractivity contribution in [3.05, 3.63) is 11.8 Å². The Morgan fingerprint density at radius 3 is 2.35 bits per heavy atom. The fourth-order valence-electron chi connectivity index (χ4n) is 2.14. The maximum atomic E-state index is 11.8. The second-order valence-electron chi connectivity index (χ2n) is 6.18. The lowest BCUT2D eigenvalue weighted by atomic mass is 9.98. The lowest BCUT2D eigenvalue weighted by Crippen LogP contribution is -2.25. The monoisotopic (exact) mass is 281 g/mol. The molecule has 0 unspecified atom stereocenters. The maximum Gasteiger partial charge on any atom is 0.251 e. The number of carbonyl (C=O) groups is 1. The predicted molar refractivity (Wildman–Crippen MR) is 80.6 cm³/mol. The number of aromatic nitrogens is 2. The van der Waals surface area contributed by atoms with Gasteiger partial charge in [-0.25, -0.2) is 0 Å². The van der Waals surface area contributed by atoms with Crippen molar-refractivity contribution in [2.75, 3.05) is 11.9 Å². The van der Waals surface area contributed by atoms with Gasteiger partial charge in [-0.05, 0) is 31.6 Å². The summed E-state index contributed by atoms with van der Waals surface area (Å²) in [7, 11) is 0. The number of H-pyrrole nitrogens is 1. The van der Waals surface area contributed by atoms with E-state index in [1.54, 1.807) is 6.07 Å². The standard InChI is InChI=1S/C15H27N3O2/c1-10(2)6-13(7-11(3)4)20-9-15(19)16-14-8-12(5)17-18-14/h8,10-11,13H,6-7,9H2,1-5H3,(H2,16,17,18,19). The van der Waals surface area contributed by atoms with Gasteiger partial charge in [0.1, 0.15) is 6.61 Å². The molecule has 1 aromatic heterocycles. The van der Waals surface area contributed by atoms with E-state index >= 15 is 0 Å². The Morgan fingerprint density at radius 1 is 1.30 bits per heavy atom. The third kappa shape index (κ3) is 6.70. The zero-order chi connectivity index (χ0) is 15.1. The highest BCUT2D eigenvalue weighted by Gasteiger charge is 2.15. The number of carbonyl (C=O) groups excluding carboxylic acids is 1. The number of aryl methyl sites for hydroxylation is 1. The van der Waals surface area contributed by atoms with E-state index in [0.717, 1.165) is 18.5 Å². The summed E-state index contributed by atoms with van der Waals surface area (Å²) in [6, 6.07) is 1.79. The van der Waals surface area contributed by atoms with Crippen LogP contribution in [0.2, 0.25) is 0 Å². The molecule has 1 heterocycles. The molecular formula is C15H27N3O2. The van der Waals surface area contributed by atoms with Crippen LogP contribution in [-0.2, 0) is 9.53 Å². The Balaban J connectivity index is 2.39. The topological polar surface area (TPSA) is 67.0 Å². The molecule has 0 aliphatic carbocycles. The molecule has 0 fully saturated rings. The van der Waals surface area contributed by atoms with Gasteiger partial charge in [-0.2, -0.15) is 5.10 Å². The van der Waals surface area contributed by atoms with E-state index in [1.807, 2.05) is 6.92 Å². The number of aromatic amines is 1. The van der Waals surface area contributed by atoms with E-state index in [2.05, 4.69) is 43.2 Å². The Hall–Kier alpha value is -1.36. The minimum absolute atomic E-state index is 0.0794. The summed E-state index contributed by atoms with van der Waals surface area (Å²) in [4.78, 5) is 11.8. The zero-order valence-corrected chi connectivity index (χ0v) is 13.2. The number of ether oxygens (including phenoxy) is 1. The van der Waals surface area contributed by atoms with Crippen LogP contribution < -0.4 is 5.32 Å². The average Bonchev–Trinajstić information content (AvgIpc) is 2.70. The van der Waals surface area contributed by atoms with Gasteiger partial charge in [0.05, 0.1) is 6.10 Å². The van der Waals surface area contributed by atoms with E-state index in [-0.39, 0.29) is 18.6 Å². The number of hydrogen-bond acceptors (Lipinski definition) is 3. The summed E-state index contributed by atoms with van der Waals surface area (Å²) >= 11 is 0. The van der Waals surface area contributed by atoms with Gasteiger partial charge >= 0.3 is 0 Å². The first-order valence-electron chi connectivity index (χ1n) is 7.30. The summed E-state index contributed by atoms with van der Waals surface area (Å²) < 4.78 is 5.75. The highest BCUT2D eigenvalue weighted by Crippen LogP contribution is 2.16.